The Labute approximate surface area is 158 Å². The fourth-order valence-corrected chi connectivity index (χ4v) is 3.48. The normalized spacial score (nSPS) is 17.0. The highest BCUT2D eigenvalue weighted by Gasteiger charge is 2.32. The topological polar surface area (TPSA) is 76.0 Å². The second-order valence-corrected chi connectivity index (χ2v) is 6.88. The van der Waals surface area contributed by atoms with Gasteiger partial charge in [0.1, 0.15) is 5.82 Å². The molecule has 0 spiro atoms. The van der Waals surface area contributed by atoms with Gasteiger partial charge in [-0.2, -0.15) is 5.10 Å². The smallest absolute Gasteiger partial charge is 0.223 e. The molecule has 0 saturated carbocycles. The number of aromatic nitrogens is 4. The van der Waals surface area contributed by atoms with E-state index in [1.54, 1.807) is 7.11 Å². The number of ether oxygens (including phenoxy) is 1. The molecule has 7 nitrogen and oxygen atoms in total. The second-order valence-electron chi connectivity index (χ2n) is 6.88. The van der Waals surface area contributed by atoms with E-state index in [1.165, 1.54) is 0 Å². The first-order valence-electron chi connectivity index (χ1n) is 9.08. The van der Waals surface area contributed by atoms with E-state index in [1.807, 2.05) is 46.4 Å². The first kappa shape index (κ1) is 17.5. The van der Waals surface area contributed by atoms with Gasteiger partial charge in [0, 0.05) is 44.3 Å². The van der Waals surface area contributed by atoms with Crippen molar-refractivity contribution in [1.82, 2.24) is 24.6 Å². The van der Waals surface area contributed by atoms with E-state index < -0.39 is 0 Å². The molecule has 27 heavy (non-hydrogen) atoms. The molecule has 0 aliphatic carbocycles. The number of nitrogens with one attached hydrogen (secondary N) is 1. The summed E-state index contributed by atoms with van der Waals surface area (Å²) in [5.74, 6) is 1.10. The standard InChI is InChI=1S/C20H23N5O2/c1-14-5-3-4-6-18(14)25-13-16(10-22-25)17-11-21-20(23-17)15-9-19(26)24(12-15)7-8-27-2/h3-6,10-11,13,15H,7-9,12H2,1-2H3,(H,21,23)/t15-/m1/s1. The van der Waals surface area contributed by atoms with Gasteiger partial charge in [-0.1, -0.05) is 18.2 Å². The second kappa shape index (κ2) is 7.36. The molecular weight excluding hydrogens is 342 g/mol. The fourth-order valence-electron chi connectivity index (χ4n) is 3.48. The van der Waals surface area contributed by atoms with Crippen LogP contribution < -0.4 is 0 Å². The molecule has 1 fully saturated rings. The monoisotopic (exact) mass is 365 g/mol. The van der Waals surface area contributed by atoms with Crippen molar-refractivity contribution in [3.8, 4) is 16.9 Å². The van der Waals surface area contributed by atoms with Crippen molar-refractivity contribution in [3.05, 3.63) is 54.2 Å². The Kier molecular flexibility index (Phi) is 4.77. The highest BCUT2D eigenvalue weighted by atomic mass is 16.5. The van der Waals surface area contributed by atoms with E-state index in [9.17, 15) is 4.79 Å². The number of carbonyl (C=O) groups excluding carboxylic acids is 1. The molecule has 0 radical (unpaired) electrons. The maximum absolute atomic E-state index is 12.1. The Bertz CT molecular complexity index is 945. The Balaban J connectivity index is 1.51. The average Bonchev–Trinajstić information content (AvgIpc) is 3.39. The first-order chi connectivity index (χ1) is 13.2. The van der Waals surface area contributed by atoms with Crippen LogP contribution in [0, 0.1) is 6.92 Å². The highest BCUT2D eigenvalue weighted by Crippen LogP contribution is 2.28. The number of aryl methyl sites for hydroxylation is 1. The van der Waals surface area contributed by atoms with Gasteiger partial charge in [-0.25, -0.2) is 9.67 Å². The number of amides is 1. The highest BCUT2D eigenvalue weighted by molar-refractivity contribution is 5.79. The molecule has 1 aliphatic rings. The lowest BCUT2D eigenvalue weighted by Crippen LogP contribution is -2.28. The van der Waals surface area contributed by atoms with E-state index in [2.05, 4.69) is 28.1 Å². The molecular formula is C20H23N5O2. The van der Waals surface area contributed by atoms with Crippen LogP contribution in [0.15, 0.2) is 42.9 Å². The number of carbonyl (C=O) groups is 1. The number of hydrogen-bond acceptors (Lipinski definition) is 4. The van der Waals surface area contributed by atoms with Gasteiger partial charge in [0.2, 0.25) is 5.91 Å². The Morgan fingerprint density at radius 1 is 1.30 bits per heavy atom. The van der Waals surface area contributed by atoms with Crippen molar-refractivity contribution in [2.45, 2.75) is 19.3 Å². The summed E-state index contributed by atoms with van der Waals surface area (Å²) in [6.07, 6.45) is 6.12. The summed E-state index contributed by atoms with van der Waals surface area (Å²) in [5.41, 5.74) is 4.10. The lowest BCUT2D eigenvalue weighted by molar-refractivity contribution is -0.128. The number of imidazole rings is 1. The molecule has 1 amide bonds. The summed E-state index contributed by atoms with van der Waals surface area (Å²) in [6.45, 7) is 3.93. The number of benzene rings is 1. The number of aromatic amines is 1. The summed E-state index contributed by atoms with van der Waals surface area (Å²) < 4.78 is 6.95. The molecule has 140 valence electrons. The molecule has 1 saturated heterocycles. The maximum atomic E-state index is 12.1. The van der Waals surface area contributed by atoms with Crippen LogP contribution in [-0.2, 0) is 9.53 Å². The number of nitrogens with zero attached hydrogens (tertiary/aromatic N) is 4. The third kappa shape index (κ3) is 3.50. The number of H-pyrrole nitrogens is 1. The Morgan fingerprint density at radius 2 is 2.15 bits per heavy atom. The summed E-state index contributed by atoms with van der Waals surface area (Å²) in [6, 6.07) is 8.13. The lowest BCUT2D eigenvalue weighted by Gasteiger charge is -2.15. The van der Waals surface area contributed by atoms with E-state index >= 15 is 0 Å². The fraction of sp³-hybridized carbons (Fsp3) is 0.350. The Hall–Kier alpha value is -2.93. The largest absolute Gasteiger partial charge is 0.383 e. The molecule has 2 aromatic heterocycles. The van der Waals surface area contributed by atoms with Crippen LogP contribution in [0.5, 0.6) is 0 Å². The minimum absolute atomic E-state index is 0.0921. The lowest BCUT2D eigenvalue weighted by atomic mass is 10.1. The van der Waals surface area contributed by atoms with Gasteiger partial charge < -0.3 is 14.6 Å². The summed E-state index contributed by atoms with van der Waals surface area (Å²) in [7, 11) is 1.65. The van der Waals surface area contributed by atoms with Crippen molar-refractivity contribution in [1.29, 1.82) is 0 Å². The average molecular weight is 365 g/mol. The van der Waals surface area contributed by atoms with Crippen LogP contribution in [0.3, 0.4) is 0 Å². The van der Waals surface area contributed by atoms with Crippen LogP contribution in [0.4, 0.5) is 0 Å². The zero-order valence-electron chi connectivity index (χ0n) is 15.6. The molecule has 7 heteroatoms. The number of para-hydroxylation sites is 1. The Morgan fingerprint density at radius 3 is 2.96 bits per heavy atom. The van der Waals surface area contributed by atoms with Crippen molar-refractivity contribution >= 4 is 5.91 Å². The van der Waals surface area contributed by atoms with Crippen LogP contribution in [0.25, 0.3) is 16.9 Å². The predicted octanol–water partition coefficient (Wildman–Crippen LogP) is 2.53. The summed E-state index contributed by atoms with van der Waals surface area (Å²) in [4.78, 5) is 21.9. The van der Waals surface area contributed by atoms with E-state index in [-0.39, 0.29) is 11.8 Å². The van der Waals surface area contributed by atoms with Gasteiger partial charge in [-0.15, -0.1) is 0 Å². The predicted molar refractivity (Wildman–Crippen MR) is 102 cm³/mol. The number of likely N-dealkylation sites (tertiary alicyclic amines) is 1. The van der Waals surface area contributed by atoms with Gasteiger partial charge in [0.25, 0.3) is 0 Å². The quantitative estimate of drug-likeness (QED) is 0.728. The first-order valence-corrected chi connectivity index (χ1v) is 9.08. The minimum Gasteiger partial charge on any atom is -0.383 e. The van der Waals surface area contributed by atoms with Gasteiger partial charge in [0.05, 0.1) is 30.4 Å². The third-order valence-electron chi connectivity index (χ3n) is 5.02. The molecule has 1 atom stereocenters. The molecule has 1 aromatic carbocycles. The van der Waals surface area contributed by atoms with Crippen LogP contribution in [0.2, 0.25) is 0 Å². The molecule has 1 aliphatic heterocycles. The number of methoxy groups -OCH3 is 1. The molecule has 0 bridgehead atoms. The molecule has 3 heterocycles. The van der Waals surface area contributed by atoms with Crippen molar-refractivity contribution < 1.29 is 9.53 Å². The van der Waals surface area contributed by atoms with Crippen molar-refractivity contribution in [2.24, 2.45) is 0 Å². The van der Waals surface area contributed by atoms with Gasteiger partial charge in [0.15, 0.2) is 0 Å². The minimum atomic E-state index is 0.0921. The van der Waals surface area contributed by atoms with Crippen molar-refractivity contribution in [2.75, 3.05) is 26.8 Å². The maximum Gasteiger partial charge on any atom is 0.223 e. The zero-order valence-corrected chi connectivity index (χ0v) is 15.6. The number of hydrogen-bond donors (Lipinski definition) is 1. The molecule has 1 N–H and O–H groups in total. The molecule has 4 rings (SSSR count). The zero-order chi connectivity index (χ0) is 18.8. The van der Waals surface area contributed by atoms with Crippen LogP contribution in [-0.4, -0.2) is 57.4 Å². The third-order valence-corrected chi connectivity index (χ3v) is 5.02. The van der Waals surface area contributed by atoms with E-state index in [0.29, 0.717) is 26.1 Å². The number of rotatable bonds is 6. The summed E-state index contributed by atoms with van der Waals surface area (Å²) in [5, 5.41) is 4.48. The molecule has 3 aromatic rings. The SMILES string of the molecule is COCCN1C[C@H](c2ncc(-c3cnn(-c4ccccc4C)c3)[nH]2)CC1=O. The molecule has 0 unspecified atom stereocenters. The van der Waals surface area contributed by atoms with Gasteiger partial charge in [-0.3, -0.25) is 4.79 Å². The van der Waals surface area contributed by atoms with Gasteiger partial charge >= 0.3 is 0 Å². The van der Waals surface area contributed by atoms with Crippen LogP contribution >= 0.6 is 0 Å². The van der Waals surface area contributed by atoms with Crippen molar-refractivity contribution in [3.63, 3.8) is 0 Å². The van der Waals surface area contributed by atoms with E-state index in [0.717, 1.165) is 28.3 Å². The van der Waals surface area contributed by atoms with Crippen LogP contribution in [0.1, 0.15) is 23.7 Å². The summed E-state index contributed by atoms with van der Waals surface area (Å²) >= 11 is 0. The van der Waals surface area contributed by atoms with E-state index in [4.69, 9.17) is 4.74 Å². The van der Waals surface area contributed by atoms with Gasteiger partial charge in [-0.05, 0) is 18.6 Å².